The third-order valence-corrected chi connectivity index (χ3v) is 13.5. The van der Waals surface area contributed by atoms with Gasteiger partial charge in [0.15, 0.2) is 14.7 Å². The molecule has 61 heavy (non-hydrogen) atoms. The van der Waals surface area contributed by atoms with Crippen molar-refractivity contribution in [2.75, 3.05) is 46.2 Å². The SMILES string of the molecule is CCC(C)(CC(C)(CC(C)(C)C(=O)OCCOc1ccc([S+](c2ccccc2)c2ccccc2)cc1)C(=O)OCC1(C)COC1)C(=O)OCCOc1cccc2ccccc12. The molecule has 0 N–H and O–H groups in total. The molecule has 0 aliphatic carbocycles. The Morgan fingerprint density at radius 1 is 0.590 bits per heavy atom. The first-order valence-corrected chi connectivity index (χ1v) is 22.2. The number of rotatable bonds is 21. The van der Waals surface area contributed by atoms with E-state index in [0.717, 1.165) is 15.7 Å². The summed E-state index contributed by atoms with van der Waals surface area (Å²) in [4.78, 5) is 45.3. The summed E-state index contributed by atoms with van der Waals surface area (Å²) in [5, 5.41) is 2.03. The molecule has 5 aromatic rings. The molecule has 10 heteroatoms. The Hall–Kier alpha value is -5.32. The Balaban J connectivity index is 1.06. The van der Waals surface area contributed by atoms with Crippen molar-refractivity contribution >= 4 is 39.6 Å². The quantitative estimate of drug-likeness (QED) is 0.0309. The van der Waals surface area contributed by atoms with Gasteiger partial charge in [-0.05, 0) is 107 Å². The number of esters is 3. The van der Waals surface area contributed by atoms with E-state index in [-0.39, 0.29) is 62.2 Å². The summed E-state index contributed by atoms with van der Waals surface area (Å²) in [7, 11) is -0.280. The summed E-state index contributed by atoms with van der Waals surface area (Å²) < 4.78 is 34.9. The zero-order valence-electron chi connectivity index (χ0n) is 36.3. The molecule has 6 rings (SSSR count). The Labute approximate surface area is 363 Å². The largest absolute Gasteiger partial charge is 0.490 e. The summed E-state index contributed by atoms with van der Waals surface area (Å²) >= 11 is 0. The van der Waals surface area contributed by atoms with Crippen molar-refractivity contribution in [1.29, 1.82) is 0 Å². The van der Waals surface area contributed by atoms with Crippen LogP contribution in [0, 0.1) is 21.7 Å². The molecule has 5 aromatic carbocycles. The Bertz CT molecular complexity index is 2180. The second-order valence-electron chi connectivity index (χ2n) is 17.4. The lowest BCUT2D eigenvalue weighted by molar-refractivity contribution is -0.181. The average Bonchev–Trinajstić information content (AvgIpc) is 3.26. The van der Waals surface area contributed by atoms with E-state index < -0.39 is 34.2 Å². The maximum Gasteiger partial charge on any atom is 0.311 e. The Morgan fingerprint density at radius 3 is 1.74 bits per heavy atom. The van der Waals surface area contributed by atoms with Gasteiger partial charge in [-0.15, -0.1) is 0 Å². The van der Waals surface area contributed by atoms with Crippen LogP contribution in [0.15, 0.2) is 142 Å². The highest BCUT2D eigenvalue weighted by Gasteiger charge is 2.50. The van der Waals surface area contributed by atoms with Gasteiger partial charge in [-0.1, -0.05) is 86.6 Å². The van der Waals surface area contributed by atoms with Gasteiger partial charge in [0.05, 0.1) is 40.4 Å². The summed E-state index contributed by atoms with van der Waals surface area (Å²) in [5.41, 5.74) is -3.71. The van der Waals surface area contributed by atoms with E-state index in [4.69, 9.17) is 28.4 Å². The van der Waals surface area contributed by atoms with Crippen LogP contribution in [0.3, 0.4) is 0 Å². The number of ether oxygens (including phenoxy) is 6. The minimum Gasteiger partial charge on any atom is -0.490 e. The van der Waals surface area contributed by atoms with E-state index in [2.05, 4.69) is 60.7 Å². The summed E-state index contributed by atoms with van der Waals surface area (Å²) in [6.45, 7) is 12.5. The van der Waals surface area contributed by atoms with Gasteiger partial charge in [-0.3, -0.25) is 14.4 Å². The Kier molecular flexibility index (Phi) is 14.9. The number of carbonyl (C=O) groups is 3. The molecule has 9 nitrogen and oxygen atoms in total. The molecular weight excluding hydrogens is 789 g/mol. The first-order chi connectivity index (χ1) is 29.2. The molecule has 1 aliphatic rings. The van der Waals surface area contributed by atoms with Gasteiger partial charge in [0.2, 0.25) is 0 Å². The number of benzene rings is 5. The molecule has 0 aromatic heterocycles. The van der Waals surface area contributed by atoms with Gasteiger partial charge in [-0.2, -0.15) is 0 Å². The van der Waals surface area contributed by atoms with Gasteiger partial charge < -0.3 is 28.4 Å². The highest BCUT2D eigenvalue weighted by molar-refractivity contribution is 7.97. The van der Waals surface area contributed by atoms with Crippen LogP contribution in [-0.2, 0) is 44.2 Å². The van der Waals surface area contributed by atoms with Crippen molar-refractivity contribution < 1.29 is 42.8 Å². The molecule has 1 heterocycles. The van der Waals surface area contributed by atoms with Crippen molar-refractivity contribution in [3.8, 4) is 11.5 Å². The second kappa shape index (κ2) is 20.0. The third-order valence-electron chi connectivity index (χ3n) is 11.3. The number of hydrogen-bond acceptors (Lipinski definition) is 9. The number of hydrogen-bond donors (Lipinski definition) is 0. The van der Waals surface area contributed by atoms with Gasteiger partial charge >= 0.3 is 17.9 Å². The first kappa shape index (κ1) is 45.2. The minimum atomic E-state index is -1.25. The molecule has 1 aliphatic heterocycles. The second-order valence-corrected chi connectivity index (χ2v) is 19.5. The lowest BCUT2D eigenvalue weighted by Gasteiger charge is -2.41. The number of fused-ring (bicyclic) bond motifs is 1. The van der Waals surface area contributed by atoms with Crippen LogP contribution in [0.4, 0.5) is 0 Å². The molecule has 1 fully saturated rings. The molecular formula is C51H59O9S+. The zero-order chi connectivity index (χ0) is 43.5. The van der Waals surface area contributed by atoms with E-state index in [9.17, 15) is 14.4 Å². The topological polar surface area (TPSA) is 107 Å². The van der Waals surface area contributed by atoms with Crippen molar-refractivity contribution in [2.24, 2.45) is 21.7 Å². The lowest BCUT2D eigenvalue weighted by atomic mass is 9.65. The van der Waals surface area contributed by atoms with Gasteiger partial charge in [-0.25, -0.2) is 0 Å². The smallest absolute Gasteiger partial charge is 0.311 e. The fraction of sp³-hybridized carbons (Fsp3) is 0.392. The maximum absolute atomic E-state index is 14.1. The lowest BCUT2D eigenvalue weighted by Crippen LogP contribution is -2.47. The molecule has 0 radical (unpaired) electrons. The van der Waals surface area contributed by atoms with Gasteiger partial charge in [0, 0.05) is 10.8 Å². The highest BCUT2D eigenvalue weighted by atomic mass is 32.2. The first-order valence-electron chi connectivity index (χ1n) is 21.0. The molecule has 2 unspecified atom stereocenters. The summed E-state index contributed by atoms with van der Waals surface area (Å²) in [6.07, 6.45) is 0.565. The fourth-order valence-corrected chi connectivity index (χ4v) is 9.95. The van der Waals surface area contributed by atoms with Crippen molar-refractivity contribution in [1.82, 2.24) is 0 Å². The van der Waals surface area contributed by atoms with Crippen molar-refractivity contribution in [3.63, 3.8) is 0 Å². The van der Waals surface area contributed by atoms with E-state index in [1.54, 1.807) is 27.7 Å². The number of carbonyl (C=O) groups excluding carboxylic acids is 3. The molecule has 0 bridgehead atoms. The summed E-state index contributed by atoms with van der Waals surface area (Å²) in [6, 6.07) is 42.7. The average molecular weight is 848 g/mol. The summed E-state index contributed by atoms with van der Waals surface area (Å²) in [5.74, 6) is -0.0416. The maximum atomic E-state index is 14.1. The molecule has 0 spiro atoms. The van der Waals surface area contributed by atoms with Crippen molar-refractivity contribution in [2.45, 2.75) is 75.5 Å². The normalized spacial score (nSPS) is 15.5. The minimum absolute atomic E-state index is 0.0157. The molecule has 2 atom stereocenters. The van der Waals surface area contributed by atoms with E-state index >= 15 is 0 Å². The van der Waals surface area contributed by atoms with E-state index in [1.807, 2.05) is 80.6 Å². The monoisotopic (exact) mass is 847 g/mol. The highest BCUT2D eigenvalue weighted by Crippen LogP contribution is 2.46. The van der Waals surface area contributed by atoms with Crippen LogP contribution in [-0.4, -0.2) is 64.2 Å². The molecule has 0 saturated carbocycles. The van der Waals surface area contributed by atoms with Gasteiger partial charge in [0.1, 0.15) is 44.5 Å². The van der Waals surface area contributed by atoms with Crippen LogP contribution < -0.4 is 9.47 Å². The Morgan fingerprint density at radius 2 is 1.13 bits per heavy atom. The van der Waals surface area contributed by atoms with Crippen LogP contribution in [0.5, 0.6) is 11.5 Å². The predicted molar refractivity (Wildman–Crippen MR) is 238 cm³/mol. The van der Waals surface area contributed by atoms with Crippen LogP contribution in [0.2, 0.25) is 0 Å². The zero-order valence-corrected chi connectivity index (χ0v) is 37.1. The molecule has 1 saturated heterocycles. The molecule has 0 amide bonds. The van der Waals surface area contributed by atoms with Crippen LogP contribution in [0.1, 0.15) is 60.8 Å². The fourth-order valence-electron chi connectivity index (χ4n) is 7.87. The standard InChI is InChI=1S/C51H59O9S/c1-7-50(5,46(53)59-32-30-57-44-24-16-18-38-17-14-15-23-43(38)44)34-51(6,47(54)60-37-49(4)35-55-36-49)33-48(2,3)45(52)58-31-29-56-39-25-27-42(28-26-39)61(40-19-10-8-11-20-40)41-21-12-9-13-22-41/h8-28H,7,29-37H2,1-6H3/q+1. The van der Waals surface area contributed by atoms with E-state index in [0.29, 0.717) is 31.1 Å². The van der Waals surface area contributed by atoms with Crippen LogP contribution in [0.25, 0.3) is 10.8 Å². The molecule has 322 valence electrons. The van der Waals surface area contributed by atoms with E-state index in [1.165, 1.54) is 9.79 Å². The van der Waals surface area contributed by atoms with Gasteiger partial charge in [0.25, 0.3) is 0 Å². The van der Waals surface area contributed by atoms with Crippen molar-refractivity contribution in [3.05, 3.63) is 127 Å². The third kappa shape index (κ3) is 11.5. The van der Waals surface area contributed by atoms with Crippen LogP contribution >= 0.6 is 0 Å². The predicted octanol–water partition coefficient (Wildman–Crippen LogP) is 10.3.